The minimum Gasteiger partial charge on any atom is -0.337 e. The number of fused-ring (bicyclic) bond motifs is 1. The molecule has 2 heterocycles. The van der Waals surface area contributed by atoms with Crippen LogP contribution in [0.15, 0.2) is 78.9 Å². The Labute approximate surface area is 246 Å². The molecule has 5 rings (SSSR count). The van der Waals surface area contributed by atoms with E-state index in [2.05, 4.69) is 12.2 Å². The molecule has 2 aliphatic heterocycles. The van der Waals surface area contributed by atoms with Gasteiger partial charge in [0.15, 0.2) is 0 Å². The third-order valence-corrected chi connectivity index (χ3v) is 7.89. The smallest absolute Gasteiger partial charge is 0.333 e. The molecular formula is C33H38FN5O3. The van der Waals surface area contributed by atoms with Gasteiger partial charge in [0.05, 0.1) is 13.1 Å². The van der Waals surface area contributed by atoms with E-state index in [-0.39, 0.29) is 43.3 Å². The number of hydrogen-bond donors (Lipinski definition) is 1. The summed E-state index contributed by atoms with van der Waals surface area (Å²) >= 11 is 0. The predicted molar refractivity (Wildman–Crippen MR) is 158 cm³/mol. The maximum atomic E-state index is 14.0. The van der Waals surface area contributed by atoms with Crippen molar-refractivity contribution < 1.29 is 18.8 Å². The lowest BCUT2D eigenvalue weighted by molar-refractivity contribution is -0.192. The number of nitrogens with one attached hydrogen (secondary N) is 1. The van der Waals surface area contributed by atoms with Gasteiger partial charge in [0, 0.05) is 26.1 Å². The summed E-state index contributed by atoms with van der Waals surface area (Å²) in [6, 6.07) is 22.6. The first-order chi connectivity index (χ1) is 20.3. The van der Waals surface area contributed by atoms with Crippen molar-refractivity contribution in [2.24, 2.45) is 0 Å². The van der Waals surface area contributed by atoms with Crippen molar-refractivity contribution in [3.8, 4) is 0 Å². The zero-order chi connectivity index (χ0) is 29.6. The van der Waals surface area contributed by atoms with Gasteiger partial charge in [-0.15, -0.1) is 0 Å². The SMILES string of the molecule is CCCCNC(=O)N1[C@H]2CN(Cc3ccc(F)cc3)C(=O)[C@H](Cc3ccccc3)N2C(=O)CN1Cc1ccc(C)cc1. The Morgan fingerprint density at radius 3 is 2.26 bits per heavy atom. The third-order valence-electron chi connectivity index (χ3n) is 7.89. The Hall–Kier alpha value is -4.24. The van der Waals surface area contributed by atoms with Gasteiger partial charge in [0.1, 0.15) is 18.0 Å². The second kappa shape index (κ2) is 13.2. The summed E-state index contributed by atoms with van der Waals surface area (Å²) in [5, 5.41) is 6.47. The lowest BCUT2D eigenvalue weighted by Crippen LogP contribution is -2.76. The zero-order valence-electron chi connectivity index (χ0n) is 24.2. The number of aryl methyl sites for hydroxylation is 1. The predicted octanol–water partition coefficient (Wildman–Crippen LogP) is 4.48. The van der Waals surface area contributed by atoms with E-state index in [1.54, 1.807) is 32.0 Å². The molecule has 220 valence electrons. The maximum absolute atomic E-state index is 14.0. The Bertz CT molecular complexity index is 1380. The van der Waals surface area contributed by atoms with Crippen LogP contribution in [-0.2, 0) is 29.1 Å². The summed E-state index contributed by atoms with van der Waals surface area (Å²) in [7, 11) is 0. The van der Waals surface area contributed by atoms with Gasteiger partial charge >= 0.3 is 6.03 Å². The average molecular weight is 572 g/mol. The summed E-state index contributed by atoms with van der Waals surface area (Å²) in [5.41, 5.74) is 3.80. The molecule has 0 radical (unpaired) electrons. The maximum Gasteiger partial charge on any atom is 0.333 e. The van der Waals surface area contributed by atoms with Gasteiger partial charge < -0.3 is 15.1 Å². The molecule has 0 aromatic heterocycles. The van der Waals surface area contributed by atoms with Crippen LogP contribution in [0.2, 0.25) is 0 Å². The molecule has 9 heteroatoms. The molecular weight excluding hydrogens is 533 g/mol. The highest BCUT2D eigenvalue weighted by Gasteiger charge is 2.51. The number of nitrogens with zero attached hydrogens (tertiary/aromatic N) is 4. The molecule has 2 aliphatic rings. The summed E-state index contributed by atoms with van der Waals surface area (Å²) in [4.78, 5) is 45.0. The van der Waals surface area contributed by atoms with Crippen LogP contribution in [-0.4, -0.2) is 69.5 Å². The topological polar surface area (TPSA) is 76.2 Å². The van der Waals surface area contributed by atoms with Crippen LogP contribution in [0.4, 0.5) is 9.18 Å². The molecule has 2 atom stereocenters. The van der Waals surface area contributed by atoms with Gasteiger partial charge in [0.2, 0.25) is 11.8 Å². The van der Waals surface area contributed by atoms with Gasteiger partial charge in [-0.2, -0.15) is 0 Å². The van der Waals surface area contributed by atoms with Gasteiger partial charge in [0.25, 0.3) is 0 Å². The number of carbonyl (C=O) groups is 3. The molecule has 0 unspecified atom stereocenters. The van der Waals surface area contributed by atoms with E-state index in [0.717, 1.165) is 35.1 Å². The minimum absolute atomic E-state index is 0.0257. The van der Waals surface area contributed by atoms with Crippen LogP contribution >= 0.6 is 0 Å². The highest BCUT2D eigenvalue weighted by molar-refractivity contribution is 5.91. The van der Waals surface area contributed by atoms with Crippen LogP contribution in [0, 0.1) is 12.7 Å². The Morgan fingerprint density at radius 2 is 1.57 bits per heavy atom. The van der Waals surface area contributed by atoms with E-state index in [1.165, 1.54) is 12.1 Å². The quantitative estimate of drug-likeness (QED) is 0.384. The largest absolute Gasteiger partial charge is 0.337 e. The highest BCUT2D eigenvalue weighted by Crippen LogP contribution is 2.30. The first-order valence-electron chi connectivity index (χ1n) is 14.6. The van der Waals surface area contributed by atoms with E-state index >= 15 is 0 Å². The van der Waals surface area contributed by atoms with Crippen LogP contribution < -0.4 is 5.32 Å². The number of halogens is 1. The number of carbonyl (C=O) groups excluding carboxylic acids is 3. The summed E-state index contributed by atoms with van der Waals surface area (Å²) < 4.78 is 13.6. The van der Waals surface area contributed by atoms with Crippen molar-refractivity contribution in [2.75, 3.05) is 19.6 Å². The molecule has 0 bridgehead atoms. The number of urea groups is 1. The molecule has 2 fully saturated rings. The zero-order valence-corrected chi connectivity index (χ0v) is 24.2. The fourth-order valence-electron chi connectivity index (χ4n) is 5.68. The van der Waals surface area contributed by atoms with Crippen molar-refractivity contribution in [1.29, 1.82) is 0 Å². The second-order valence-corrected chi connectivity index (χ2v) is 11.1. The molecule has 2 saturated heterocycles. The number of hydrazine groups is 1. The fraction of sp³-hybridized carbons (Fsp3) is 0.364. The van der Waals surface area contributed by atoms with Crippen molar-refractivity contribution in [1.82, 2.24) is 25.1 Å². The van der Waals surface area contributed by atoms with Gasteiger partial charge in [-0.25, -0.2) is 19.2 Å². The van der Waals surface area contributed by atoms with E-state index in [0.29, 0.717) is 19.5 Å². The normalized spacial score (nSPS) is 19.2. The van der Waals surface area contributed by atoms with Gasteiger partial charge in [-0.3, -0.25) is 9.59 Å². The Kier molecular flexibility index (Phi) is 9.17. The summed E-state index contributed by atoms with van der Waals surface area (Å²) in [5.74, 6) is -0.733. The van der Waals surface area contributed by atoms with E-state index in [1.807, 2.05) is 61.5 Å². The molecule has 42 heavy (non-hydrogen) atoms. The van der Waals surface area contributed by atoms with Gasteiger partial charge in [-0.1, -0.05) is 85.6 Å². The van der Waals surface area contributed by atoms with Crippen molar-refractivity contribution in [2.45, 2.75) is 58.4 Å². The summed E-state index contributed by atoms with van der Waals surface area (Å²) in [6.07, 6.45) is 1.38. The van der Waals surface area contributed by atoms with Crippen molar-refractivity contribution >= 4 is 17.8 Å². The molecule has 3 aromatic carbocycles. The molecule has 3 aromatic rings. The molecule has 0 spiro atoms. The average Bonchev–Trinajstić information content (AvgIpc) is 2.98. The van der Waals surface area contributed by atoms with E-state index in [9.17, 15) is 18.8 Å². The standard InChI is InChI=1S/C33H38FN5O3/c1-3-4-18-35-33(42)39-30-22-36(20-26-14-16-28(34)17-15-26)32(41)29(19-25-8-6-5-7-9-25)38(30)31(40)23-37(39)21-27-12-10-24(2)11-13-27/h5-17,29-30H,3-4,18-23H2,1-2H3,(H,35,42)/t29-,30-/m0/s1. The number of benzene rings is 3. The van der Waals surface area contributed by atoms with Crippen LogP contribution in [0.3, 0.4) is 0 Å². The first kappa shape index (κ1) is 29.3. The number of hydrogen-bond acceptors (Lipinski definition) is 4. The minimum atomic E-state index is -0.786. The highest BCUT2D eigenvalue weighted by atomic mass is 19.1. The molecule has 4 amide bonds. The second-order valence-electron chi connectivity index (χ2n) is 11.1. The van der Waals surface area contributed by atoms with Crippen LogP contribution in [0.25, 0.3) is 0 Å². The molecule has 1 N–H and O–H groups in total. The summed E-state index contributed by atoms with van der Waals surface area (Å²) in [6.45, 7) is 5.31. The number of piperazine rings is 1. The molecule has 8 nitrogen and oxygen atoms in total. The van der Waals surface area contributed by atoms with Gasteiger partial charge in [-0.05, 0) is 42.2 Å². The first-order valence-corrected chi connectivity index (χ1v) is 14.6. The number of amides is 4. The molecule has 0 saturated carbocycles. The monoisotopic (exact) mass is 571 g/mol. The Balaban J connectivity index is 1.51. The van der Waals surface area contributed by atoms with Crippen LogP contribution in [0.1, 0.15) is 42.0 Å². The lowest BCUT2D eigenvalue weighted by Gasteiger charge is -2.55. The third kappa shape index (κ3) is 6.62. The van der Waals surface area contributed by atoms with Crippen LogP contribution in [0.5, 0.6) is 0 Å². The van der Waals surface area contributed by atoms with Crippen molar-refractivity contribution in [3.05, 3.63) is 107 Å². The fourth-order valence-corrected chi connectivity index (χ4v) is 5.68. The Morgan fingerprint density at radius 1 is 0.905 bits per heavy atom. The van der Waals surface area contributed by atoms with E-state index in [4.69, 9.17) is 0 Å². The van der Waals surface area contributed by atoms with E-state index < -0.39 is 12.2 Å². The number of unbranched alkanes of at least 4 members (excludes halogenated alkanes) is 1. The lowest BCUT2D eigenvalue weighted by atomic mass is 9.98. The number of rotatable bonds is 9. The molecule has 0 aliphatic carbocycles. The van der Waals surface area contributed by atoms with Crippen molar-refractivity contribution in [3.63, 3.8) is 0 Å².